The van der Waals surface area contributed by atoms with E-state index in [1.807, 2.05) is 25.1 Å². The molecule has 1 aromatic carbocycles. The van der Waals surface area contributed by atoms with Crippen LogP contribution in [0.3, 0.4) is 0 Å². The van der Waals surface area contributed by atoms with Gasteiger partial charge in [-0.25, -0.2) is 0 Å². The van der Waals surface area contributed by atoms with Crippen molar-refractivity contribution in [2.75, 3.05) is 11.9 Å². The minimum atomic E-state index is 0.735. The first-order chi connectivity index (χ1) is 5.24. The van der Waals surface area contributed by atoms with E-state index < -0.39 is 0 Å². The standard InChI is InChI=1S/C8H10ClNS/c1-2-10-7-5-6(9)3-4-8(7)11/h3-5,10-11H,2H2,1H3. The van der Waals surface area contributed by atoms with Gasteiger partial charge >= 0.3 is 0 Å². The van der Waals surface area contributed by atoms with Gasteiger partial charge in [-0.05, 0) is 25.1 Å². The maximum Gasteiger partial charge on any atom is 0.0490 e. The third-order valence-electron chi connectivity index (χ3n) is 1.33. The van der Waals surface area contributed by atoms with Gasteiger partial charge in [0, 0.05) is 22.2 Å². The van der Waals surface area contributed by atoms with Crippen LogP contribution >= 0.6 is 24.2 Å². The normalized spacial score (nSPS) is 9.73. The second kappa shape index (κ2) is 3.88. The average Bonchev–Trinajstić information content (AvgIpc) is 1.98. The Bertz CT molecular complexity index is 250. The van der Waals surface area contributed by atoms with Crippen molar-refractivity contribution < 1.29 is 0 Å². The summed E-state index contributed by atoms with van der Waals surface area (Å²) in [5.74, 6) is 0. The lowest BCUT2D eigenvalue weighted by molar-refractivity contribution is 1.19. The lowest BCUT2D eigenvalue weighted by Gasteiger charge is -2.05. The van der Waals surface area contributed by atoms with Gasteiger partial charge in [-0.1, -0.05) is 11.6 Å². The summed E-state index contributed by atoms with van der Waals surface area (Å²) < 4.78 is 0. The molecule has 0 aliphatic carbocycles. The lowest BCUT2D eigenvalue weighted by Crippen LogP contribution is -1.96. The van der Waals surface area contributed by atoms with Crippen LogP contribution in [0.1, 0.15) is 6.92 Å². The molecule has 0 bridgehead atoms. The van der Waals surface area contributed by atoms with Crippen LogP contribution < -0.4 is 5.32 Å². The monoisotopic (exact) mass is 187 g/mol. The predicted molar refractivity (Wildman–Crippen MR) is 52.9 cm³/mol. The van der Waals surface area contributed by atoms with Crippen LogP contribution in [0.4, 0.5) is 5.69 Å². The molecule has 3 heteroatoms. The SMILES string of the molecule is CCNc1cc(Cl)ccc1S. The molecular formula is C8H10ClNS. The van der Waals surface area contributed by atoms with Crippen LogP contribution in [0.2, 0.25) is 5.02 Å². The lowest BCUT2D eigenvalue weighted by atomic mass is 10.3. The number of hydrogen-bond acceptors (Lipinski definition) is 2. The minimum Gasteiger partial charge on any atom is -0.384 e. The molecule has 0 heterocycles. The number of rotatable bonds is 2. The summed E-state index contributed by atoms with van der Waals surface area (Å²) in [6.07, 6.45) is 0. The van der Waals surface area contributed by atoms with Crippen molar-refractivity contribution >= 4 is 29.9 Å². The van der Waals surface area contributed by atoms with Crippen molar-refractivity contribution in [3.8, 4) is 0 Å². The molecule has 1 N–H and O–H groups in total. The molecule has 0 amide bonds. The fraction of sp³-hybridized carbons (Fsp3) is 0.250. The van der Waals surface area contributed by atoms with Gasteiger partial charge < -0.3 is 5.32 Å². The second-order valence-corrected chi connectivity index (χ2v) is 3.11. The van der Waals surface area contributed by atoms with E-state index in [1.54, 1.807) is 0 Å². The second-order valence-electron chi connectivity index (χ2n) is 2.19. The van der Waals surface area contributed by atoms with Crippen molar-refractivity contribution in [3.05, 3.63) is 23.2 Å². The van der Waals surface area contributed by atoms with E-state index in [0.717, 1.165) is 22.2 Å². The van der Waals surface area contributed by atoms with Crippen LogP contribution in [0, 0.1) is 0 Å². The zero-order chi connectivity index (χ0) is 8.27. The Labute approximate surface area is 77.2 Å². The van der Waals surface area contributed by atoms with Gasteiger partial charge in [0.15, 0.2) is 0 Å². The molecule has 11 heavy (non-hydrogen) atoms. The molecule has 1 aromatic rings. The summed E-state index contributed by atoms with van der Waals surface area (Å²) in [6, 6.07) is 5.57. The van der Waals surface area contributed by atoms with E-state index in [-0.39, 0.29) is 0 Å². The molecule has 0 spiro atoms. The zero-order valence-electron chi connectivity index (χ0n) is 6.26. The van der Waals surface area contributed by atoms with Crippen LogP contribution in [0.15, 0.2) is 23.1 Å². The van der Waals surface area contributed by atoms with E-state index in [0.29, 0.717) is 0 Å². The molecule has 0 aromatic heterocycles. The molecule has 60 valence electrons. The summed E-state index contributed by atoms with van der Waals surface area (Å²) in [6.45, 7) is 2.92. The van der Waals surface area contributed by atoms with E-state index in [9.17, 15) is 0 Å². The Kier molecular flexibility index (Phi) is 3.09. The topological polar surface area (TPSA) is 12.0 Å². The van der Waals surface area contributed by atoms with Crippen LogP contribution in [0.5, 0.6) is 0 Å². The molecule has 0 aliphatic rings. The molecule has 0 saturated carbocycles. The van der Waals surface area contributed by atoms with Gasteiger partial charge in [-0.15, -0.1) is 12.6 Å². The third kappa shape index (κ3) is 2.31. The third-order valence-corrected chi connectivity index (χ3v) is 1.95. The summed E-state index contributed by atoms with van der Waals surface area (Å²) >= 11 is 10.0. The van der Waals surface area contributed by atoms with Crippen LogP contribution in [-0.2, 0) is 0 Å². The zero-order valence-corrected chi connectivity index (χ0v) is 7.91. The molecular weight excluding hydrogens is 178 g/mol. The maximum atomic E-state index is 5.78. The fourth-order valence-electron chi connectivity index (χ4n) is 0.840. The van der Waals surface area contributed by atoms with Crippen molar-refractivity contribution in [1.29, 1.82) is 0 Å². The van der Waals surface area contributed by atoms with Gasteiger partial charge in [0.1, 0.15) is 0 Å². The van der Waals surface area contributed by atoms with E-state index in [1.165, 1.54) is 0 Å². The van der Waals surface area contributed by atoms with E-state index in [4.69, 9.17) is 11.6 Å². The Morgan fingerprint density at radius 2 is 2.27 bits per heavy atom. The van der Waals surface area contributed by atoms with Gasteiger partial charge in [0.2, 0.25) is 0 Å². The summed E-state index contributed by atoms with van der Waals surface area (Å²) in [4.78, 5) is 0.927. The molecule has 0 aliphatic heterocycles. The Balaban J connectivity index is 2.93. The van der Waals surface area contributed by atoms with Crippen LogP contribution in [0.25, 0.3) is 0 Å². The fourth-order valence-corrected chi connectivity index (χ4v) is 1.23. The van der Waals surface area contributed by atoms with Gasteiger partial charge in [-0.3, -0.25) is 0 Å². The minimum absolute atomic E-state index is 0.735. The highest BCUT2D eigenvalue weighted by molar-refractivity contribution is 7.80. The number of anilines is 1. The van der Waals surface area contributed by atoms with E-state index in [2.05, 4.69) is 17.9 Å². The summed E-state index contributed by atoms with van der Waals surface area (Å²) in [5, 5.41) is 3.89. The predicted octanol–water partition coefficient (Wildman–Crippen LogP) is 3.06. The molecule has 0 radical (unpaired) electrons. The number of thiol groups is 1. The van der Waals surface area contributed by atoms with Crippen molar-refractivity contribution in [2.24, 2.45) is 0 Å². The molecule has 0 saturated heterocycles. The van der Waals surface area contributed by atoms with Crippen molar-refractivity contribution in [3.63, 3.8) is 0 Å². The Morgan fingerprint density at radius 3 is 2.91 bits per heavy atom. The maximum absolute atomic E-state index is 5.78. The van der Waals surface area contributed by atoms with Gasteiger partial charge in [0.25, 0.3) is 0 Å². The van der Waals surface area contributed by atoms with E-state index >= 15 is 0 Å². The average molecular weight is 188 g/mol. The first-order valence-electron chi connectivity index (χ1n) is 3.46. The Morgan fingerprint density at radius 1 is 1.55 bits per heavy atom. The number of hydrogen-bond donors (Lipinski definition) is 2. The molecule has 0 atom stereocenters. The summed E-state index contributed by atoms with van der Waals surface area (Å²) in [7, 11) is 0. The quantitative estimate of drug-likeness (QED) is 0.679. The summed E-state index contributed by atoms with van der Waals surface area (Å²) in [5.41, 5.74) is 0.989. The van der Waals surface area contributed by atoms with Crippen molar-refractivity contribution in [1.82, 2.24) is 0 Å². The highest BCUT2D eigenvalue weighted by Gasteiger charge is 1.96. The molecule has 1 nitrogen and oxygen atoms in total. The molecule has 0 fully saturated rings. The molecule has 0 unspecified atom stereocenters. The number of benzene rings is 1. The van der Waals surface area contributed by atoms with Crippen molar-refractivity contribution in [2.45, 2.75) is 11.8 Å². The van der Waals surface area contributed by atoms with Gasteiger partial charge in [-0.2, -0.15) is 0 Å². The highest BCUT2D eigenvalue weighted by Crippen LogP contribution is 2.23. The number of halogens is 1. The first-order valence-corrected chi connectivity index (χ1v) is 4.29. The van der Waals surface area contributed by atoms with Gasteiger partial charge in [0.05, 0.1) is 0 Å². The number of nitrogens with one attached hydrogen (secondary N) is 1. The largest absolute Gasteiger partial charge is 0.384 e. The highest BCUT2D eigenvalue weighted by atomic mass is 35.5. The smallest absolute Gasteiger partial charge is 0.0490 e. The Hall–Kier alpha value is -0.340. The molecule has 1 rings (SSSR count). The first kappa shape index (κ1) is 8.75. The van der Waals surface area contributed by atoms with Crippen LogP contribution in [-0.4, -0.2) is 6.54 Å².